The lowest BCUT2D eigenvalue weighted by Gasteiger charge is -2.09. The molecule has 2 N–H and O–H groups in total. The van der Waals surface area contributed by atoms with Gasteiger partial charge in [0, 0.05) is 25.5 Å². The lowest BCUT2D eigenvalue weighted by atomic mass is 10.2. The van der Waals surface area contributed by atoms with Crippen LogP contribution < -0.4 is 10.0 Å². The Morgan fingerprint density at radius 1 is 1.29 bits per heavy atom. The van der Waals surface area contributed by atoms with Gasteiger partial charge in [0.15, 0.2) is 0 Å². The van der Waals surface area contributed by atoms with Crippen LogP contribution in [0.3, 0.4) is 0 Å². The van der Waals surface area contributed by atoms with Crippen LogP contribution >= 0.6 is 11.6 Å². The Balaban J connectivity index is 2.34. The van der Waals surface area contributed by atoms with E-state index in [1.807, 2.05) is 27.1 Å². The van der Waals surface area contributed by atoms with Crippen LogP contribution in [0.5, 0.6) is 0 Å². The first-order valence-corrected chi connectivity index (χ1v) is 8.28. The highest BCUT2D eigenvalue weighted by molar-refractivity contribution is 7.92. The molecule has 1 aromatic heterocycles. The van der Waals surface area contributed by atoms with Gasteiger partial charge in [-0.2, -0.15) is 0 Å². The van der Waals surface area contributed by atoms with Gasteiger partial charge in [0.1, 0.15) is 4.90 Å². The van der Waals surface area contributed by atoms with Gasteiger partial charge in [0.2, 0.25) is 0 Å². The SMILES string of the molecule is CNCc1cc(S(=O)(=O)Nc2cc(C)ccc2Cl)cn1C. The van der Waals surface area contributed by atoms with Crippen LogP contribution in [0.4, 0.5) is 5.69 Å². The van der Waals surface area contributed by atoms with E-state index in [-0.39, 0.29) is 4.90 Å². The third kappa shape index (κ3) is 3.58. The predicted molar refractivity (Wildman–Crippen MR) is 85.2 cm³/mol. The summed E-state index contributed by atoms with van der Waals surface area (Å²) in [5, 5.41) is 3.37. The van der Waals surface area contributed by atoms with Crippen molar-refractivity contribution < 1.29 is 8.42 Å². The van der Waals surface area contributed by atoms with Gasteiger partial charge >= 0.3 is 0 Å². The van der Waals surface area contributed by atoms with Crippen LogP contribution in [0.25, 0.3) is 0 Å². The molecule has 1 aromatic carbocycles. The van der Waals surface area contributed by atoms with E-state index in [1.54, 1.807) is 29.0 Å². The second-order valence-electron chi connectivity index (χ2n) is 4.90. The van der Waals surface area contributed by atoms with E-state index in [0.717, 1.165) is 11.3 Å². The molecule has 0 saturated carbocycles. The fraction of sp³-hybridized carbons (Fsp3) is 0.286. The number of halogens is 1. The molecule has 0 unspecified atom stereocenters. The Kier molecular flexibility index (Phi) is 4.61. The van der Waals surface area contributed by atoms with E-state index < -0.39 is 10.0 Å². The summed E-state index contributed by atoms with van der Waals surface area (Å²) in [5.41, 5.74) is 2.20. The highest BCUT2D eigenvalue weighted by atomic mass is 35.5. The number of sulfonamides is 1. The molecule has 0 aliphatic heterocycles. The van der Waals surface area contributed by atoms with Crippen LogP contribution in [0.1, 0.15) is 11.3 Å². The molecule has 0 fully saturated rings. The van der Waals surface area contributed by atoms with Gasteiger partial charge < -0.3 is 9.88 Å². The van der Waals surface area contributed by atoms with Crippen LogP contribution in [-0.2, 0) is 23.6 Å². The van der Waals surface area contributed by atoms with E-state index in [1.165, 1.54) is 0 Å². The average molecular weight is 328 g/mol. The molecule has 0 bridgehead atoms. The van der Waals surface area contributed by atoms with E-state index in [4.69, 9.17) is 11.6 Å². The maximum Gasteiger partial charge on any atom is 0.263 e. The number of anilines is 1. The number of nitrogens with one attached hydrogen (secondary N) is 2. The molecule has 1 heterocycles. The van der Waals surface area contributed by atoms with Crippen LogP contribution in [-0.4, -0.2) is 20.0 Å². The second-order valence-corrected chi connectivity index (χ2v) is 6.99. The number of hydrogen-bond donors (Lipinski definition) is 2. The van der Waals surface area contributed by atoms with E-state index in [0.29, 0.717) is 17.3 Å². The number of rotatable bonds is 5. The summed E-state index contributed by atoms with van der Waals surface area (Å²) in [6, 6.07) is 6.85. The molecule has 7 heteroatoms. The minimum Gasteiger partial charge on any atom is -0.352 e. The number of aromatic nitrogens is 1. The van der Waals surface area contributed by atoms with Crippen molar-refractivity contribution in [3.05, 3.63) is 46.7 Å². The van der Waals surface area contributed by atoms with Crippen molar-refractivity contribution in [2.75, 3.05) is 11.8 Å². The lowest BCUT2D eigenvalue weighted by molar-refractivity contribution is 0.601. The summed E-state index contributed by atoms with van der Waals surface area (Å²) in [5.74, 6) is 0. The molecule has 0 radical (unpaired) electrons. The molecular formula is C14H18ClN3O2S. The minimum atomic E-state index is -3.66. The van der Waals surface area contributed by atoms with Gasteiger partial charge in [0.25, 0.3) is 10.0 Å². The van der Waals surface area contributed by atoms with Gasteiger partial charge in [-0.25, -0.2) is 8.42 Å². The molecule has 5 nitrogen and oxygen atoms in total. The first kappa shape index (κ1) is 15.9. The largest absolute Gasteiger partial charge is 0.352 e. The van der Waals surface area contributed by atoms with Crippen molar-refractivity contribution in [1.82, 2.24) is 9.88 Å². The van der Waals surface area contributed by atoms with Crippen molar-refractivity contribution >= 4 is 27.3 Å². The summed E-state index contributed by atoms with van der Waals surface area (Å²) in [6.45, 7) is 2.47. The van der Waals surface area contributed by atoms with Crippen molar-refractivity contribution in [2.45, 2.75) is 18.4 Å². The van der Waals surface area contributed by atoms with Gasteiger partial charge in [-0.1, -0.05) is 17.7 Å². The van der Waals surface area contributed by atoms with E-state index in [9.17, 15) is 8.42 Å². The number of nitrogens with zero attached hydrogens (tertiary/aromatic N) is 1. The molecular weight excluding hydrogens is 310 g/mol. The zero-order chi connectivity index (χ0) is 15.6. The highest BCUT2D eigenvalue weighted by Gasteiger charge is 2.18. The normalized spacial score (nSPS) is 11.6. The molecule has 2 rings (SSSR count). The zero-order valence-electron chi connectivity index (χ0n) is 12.1. The van der Waals surface area contributed by atoms with Crippen LogP contribution in [0.2, 0.25) is 5.02 Å². The fourth-order valence-electron chi connectivity index (χ4n) is 2.00. The summed E-state index contributed by atoms with van der Waals surface area (Å²) >= 11 is 6.03. The standard InChI is InChI=1S/C14H18ClN3O2S/c1-10-4-5-13(15)14(6-10)17-21(19,20)12-7-11(8-16-2)18(3)9-12/h4-7,9,16-17H,8H2,1-3H3. The molecule has 2 aromatic rings. The summed E-state index contributed by atoms with van der Waals surface area (Å²) in [7, 11) is -0.0333. The quantitative estimate of drug-likeness (QED) is 0.887. The first-order valence-electron chi connectivity index (χ1n) is 6.42. The molecule has 0 saturated heterocycles. The number of benzene rings is 1. The number of aryl methyl sites for hydroxylation is 2. The Morgan fingerprint density at radius 2 is 2.00 bits per heavy atom. The monoisotopic (exact) mass is 327 g/mol. The molecule has 0 aliphatic carbocycles. The van der Waals surface area contributed by atoms with E-state index in [2.05, 4.69) is 10.0 Å². The number of hydrogen-bond acceptors (Lipinski definition) is 3. The van der Waals surface area contributed by atoms with Crippen molar-refractivity contribution in [2.24, 2.45) is 7.05 Å². The first-order chi connectivity index (χ1) is 9.83. The third-order valence-corrected chi connectivity index (χ3v) is 4.78. The summed E-state index contributed by atoms with van der Waals surface area (Å²) < 4.78 is 29.2. The van der Waals surface area contributed by atoms with Crippen molar-refractivity contribution in [3.63, 3.8) is 0 Å². The van der Waals surface area contributed by atoms with Gasteiger partial charge in [-0.3, -0.25) is 4.72 Å². The fourth-order valence-corrected chi connectivity index (χ4v) is 3.39. The highest BCUT2D eigenvalue weighted by Crippen LogP contribution is 2.26. The summed E-state index contributed by atoms with van der Waals surface area (Å²) in [4.78, 5) is 0.216. The minimum absolute atomic E-state index is 0.216. The molecule has 0 spiro atoms. The molecule has 0 atom stereocenters. The van der Waals surface area contributed by atoms with Gasteiger partial charge in [0.05, 0.1) is 10.7 Å². The van der Waals surface area contributed by atoms with Gasteiger partial charge in [-0.05, 0) is 37.7 Å². The maximum absolute atomic E-state index is 12.4. The Labute approximate surface area is 130 Å². The lowest BCUT2D eigenvalue weighted by Crippen LogP contribution is -2.12. The Morgan fingerprint density at radius 3 is 2.67 bits per heavy atom. The Bertz CT molecular complexity index is 754. The predicted octanol–water partition coefficient (Wildman–Crippen LogP) is 2.51. The molecule has 0 aliphatic rings. The smallest absolute Gasteiger partial charge is 0.263 e. The van der Waals surface area contributed by atoms with Crippen molar-refractivity contribution in [3.8, 4) is 0 Å². The van der Waals surface area contributed by atoms with Crippen molar-refractivity contribution in [1.29, 1.82) is 0 Å². The zero-order valence-corrected chi connectivity index (χ0v) is 13.7. The summed E-state index contributed by atoms with van der Waals surface area (Å²) in [6.07, 6.45) is 1.58. The topological polar surface area (TPSA) is 63.1 Å². The van der Waals surface area contributed by atoms with Crippen LogP contribution in [0.15, 0.2) is 35.4 Å². The molecule has 21 heavy (non-hydrogen) atoms. The van der Waals surface area contributed by atoms with Gasteiger partial charge in [-0.15, -0.1) is 0 Å². The third-order valence-electron chi connectivity index (χ3n) is 3.12. The Hall–Kier alpha value is -1.50. The van der Waals surface area contributed by atoms with Crippen LogP contribution in [0, 0.1) is 6.92 Å². The maximum atomic E-state index is 12.4. The molecule has 0 amide bonds. The molecule has 114 valence electrons. The second kappa shape index (κ2) is 6.09. The van der Waals surface area contributed by atoms with E-state index >= 15 is 0 Å². The average Bonchev–Trinajstić information content (AvgIpc) is 2.77.